The third-order valence-corrected chi connectivity index (χ3v) is 5.16. The van der Waals surface area contributed by atoms with Crippen LogP contribution in [0.3, 0.4) is 0 Å². The summed E-state index contributed by atoms with van der Waals surface area (Å²) in [5.41, 5.74) is 0.893. The molecule has 0 saturated heterocycles. The molecular weight excluding hydrogens is 316 g/mol. The van der Waals surface area contributed by atoms with Crippen LogP contribution in [0.15, 0.2) is 41.3 Å². The van der Waals surface area contributed by atoms with Crippen molar-refractivity contribution in [2.45, 2.75) is 24.3 Å². The molecule has 23 heavy (non-hydrogen) atoms. The minimum atomic E-state index is -3.94. The first-order valence-corrected chi connectivity index (χ1v) is 8.70. The lowest BCUT2D eigenvalue weighted by Gasteiger charge is -2.18. The van der Waals surface area contributed by atoms with Gasteiger partial charge in [0.2, 0.25) is 10.0 Å². The number of benzene rings is 2. The van der Waals surface area contributed by atoms with Crippen molar-refractivity contribution in [3.05, 3.63) is 36.4 Å². The SMILES string of the molecule is CC[C@H](NS(=O)(=O)c1cccc2c(N(C)C)cccc12)C(=O)O. The van der Waals surface area contributed by atoms with Gasteiger partial charge in [-0.2, -0.15) is 4.72 Å². The van der Waals surface area contributed by atoms with Crippen molar-refractivity contribution in [2.24, 2.45) is 0 Å². The Bertz CT molecular complexity index is 831. The van der Waals surface area contributed by atoms with Crippen molar-refractivity contribution >= 4 is 32.5 Å². The van der Waals surface area contributed by atoms with Crippen LogP contribution in [0.2, 0.25) is 0 Å². The molecule has 1 atom stereocenters. The molecule has 7 heteroatoms. The molecule has 0 fully saturated rings. The third-order valence-electron chi connectivity index (χ3n) is 3.63. The molecule has 2 aromatic carbocycles. The number of rotatable bonds is 6. The van der Waals surface area contributed by atoms with Crippen LogP contribution in [0, 0.1) is 0 Å². The quantitative estimate of drug-likeness (QED) is 0.843. The molecule has 0 aliphatic rings. The van der Waals surface area contributed by atoms with E-state index in [1.165, 1.54) is 6.07 Å². The molecule has 0 aromatic heterocycles. The molecule has 0 aliphatic carbocycles. The highest BCUT2D eigenvalue weighted by atomic mass is 32.2. The highest BCUT2D eigenvalue weighted by Gasteiger charge is 2.25. The van der Waals surface area contributed by atoms with Gasteiger partial charge in [0.25, 0.3) is 0 Å². The first-order valence-electron chi connectivity index (χ1n) is 7.22. The second-order valence-electron chi connectivity index (χ2n) is 5.44. The zero-order valence-corrected chi connectivity index (χ0v) is 14.1. The lowest BCUT2D eigenvalue weighted by Crippen LogP contribution is -2.40. The summed E-state index contributed by atoms with van der Waals surface area (Å²) >= 11 is 0. The Labute approximate surface area is 135 Å². The first kappa shape index (κ1) is 17.2. The number of hydrogen-bond acceptors (Lipinski definition) is 4. The van der Waals surface area contributed by atoms with Gasteiger partial charge in [-0.05, 0) is 18.6 Å². The van der Waals surface area contributed by atoms with E-state index in [2.05, 4.69) is 4.72 Å². The van der Waals surface area contributed by atoms with Gasteiger partial charge in [-0.15, -0.1) is 0 Å². The number of carboxylic acid groups (broad SMARTS) is 1. The summed E-state index contributed by atoms with van der Waals surface area (Å²) in [6.45, 7) is 1.62. The molecule has 6 nitrogen and oxygen atoms in total. The highest BCUT2D eigenvalue weighted by molar-refractivity contribution is 7.89. The van der Waals surface area contributed by atoms with E-state index >= 15 is 0 Å². The van der Waals surface area contributed by atoms with Crippen molar-refractivity contribution in [2.75, 3.05) is 19.0 Å². The van der Waals surface area contributed by atoms with E-state index in [1.807, 2.05) is 31.1 Å². The summed E-state index contributed by atoms with van der Waals surface area (Å²) in [6, 6.07) is 9.25. The molecule has 0 spiro atoms. The Morgan fingerprint density at radius 3 is 2.35 bits per heavy atom. The van der Waals surface area contributed by atoms with Gasteiger partial charge in [0.1, 0.15) is 6.04 Å². The van der Waals surface area contributed by atoms with Crippen molar-refractivity contribution < 1.29 is 18.3 Å². The van der Waals surface area contributed by atoms with Gasteiger partial charge in [0.05, 0.1) is 4.90 Å². The summed E-state index contributed by atoms with van der Waals surface area (Å²) in [5.74, 6) is -1.19. The van der Waals surface area contributed by atoms with E-state index in [0.29, 0.717) is 5.39 Å². The molecule has 0 heterocycles. The summed E-state index contributed by atoms with van der Waals surface area (Å²) < 4.78 is 27.5. The minimum Gasteiger partial charge on any atom is -0.480 e. The van der Waals surface area contributed by atoms with E-state index < -0.39 is 22.0 Å². The number of anilines is 1. The van der Waals surface area contributed by atoms with Gasteiger partial charge in [-0.25, -0.2) is 8.42 Å². The Balaban J connectivity index is 2.59. The smallest absolute Gasteiger partial charge is 0.321 e. The lowest BCUT2D eigenvalue weighted by molar-refractivity contribution is -0.139. The number of nitrogens with zero attached hydrogens (tertiary/aromatic N) is 1. The van der Waals surface area contributed by atoms with E-state index in [9.17, 15) is 13.2 Å². The summed E-state index contributed by atoms with van der Waals surface area (Å²) in [6.07, 6.45) is 0.169. The number of nitrogens with one attached hydrogen (secondary N) is 1. The van der Waals surface area contributed by atoms with Crippen LogP contribution in [0.5, 0.6) is 0 Å². The summed E-state index contributed by atoms with van der Waals surface area (Å²) in [4.78, 5) is 13.1. The Hall–Kier alpha value is -2.12. The fraction of sp³-hybridized carbons (Fsp3) is 0.312. The normalized spacial score (nSPS) is 13.0. The molecule has 0 saturated carbocycles. The Kier molecular flexibility index (Phi) is 4.91. The Morgan fingerprint density at radius 1 is 1.17 bits per heavy atom. The molecule has 0 unspecified atom stereocenters. The van der Waals surface area contributed by atoms with Crippen LogP contribution in [-0.2, 0) is 14.8 Å². The number of fused-ring (bicyclic) bond motifs is 1. The Morgan fingerprint density at radius 2 is 1.78 bits per heavy atom. The first-order chi connectivity index (χ1) is 10.8. The predicted molar refractivity (Wildman–Crippen MR) is 90.3 cm³/mol. The van der Waals surface area contributed by atoms with E-state index in [-0.39, 0.29) is 11.3 Å². The number of hydrogen-bond donors (Lipinski definition) is 2. The van der Waals surface area contributed by atoms with Gasteiger partial charge in [-0.1, -0.05) is 31.2 Å². The van der Waals surface area contributed by atoms with Gasteiger partial charge in [0, 0.05) is 30.6 Å². The largest absolute Gasteiger partial charge is 0.480 e. The molecule has 0 bridgehead atoms. The predicted octanol–water partition coefficient (Wildman–Crippen LogP) is 2.05. The fourth-order valence-corrected chi connectivity index (χ4v) is 3.94. The molecule has 2 rings (SSSR count). The van der Waals surface area contributed by atoms with Gasteiger partial charge in [-0.3, -0.25) is 4.79 Å². The molecular formula is C16H20N2O4S. The number of carboxylic acids is 1. The fourth-order valence-electron chi connectivity index (χ4n) is 2.45. The van der Waals surface area contributed by atoms with Crippen LogP contribution in [-0.4, -0.2) is 39.6 Å². The van der Waals surface area contributed by atoms with Crippen molar-refractivity contribution in [3.63, 3.8) is 0 Å². The van der Waals surface area contributed by atoms with Crippen LogP contribution in [0.25, 0.3) is 10.8 Å². The lowest BCUT2D eigenvalue weighted by atomic mass is 10.1. The molecule has 124 valence electrons. The number of aliphatic carboxylic acids is 1. The average Bonchev–Trinajstić information content (AvgIpc) is 2.50. The molecule has 0 aliphatic heterocycles. The maximum absolute atomic E-state index is 12.6. The second kappa shape index (κ2) is 6.55. The van der Waals surface area contributed by atoms with Crippen LogP contribution < -0.4 is 9.62 Å². The molecule has 2 N–H and O–H groups in total. The molecule has 2 aromatic rings. The minimum absolute atomic E-state index is 0.0819. The van der Waals surface area contributed by atoms with Crippen molar-refractivity contribution in [3.8, 4) is 0 Å². The summed E-state index contributed by atoms with van der Waals surface area (Å²) in [5, 5.41) is 10.4. The van der Waals surface area contributed by atoms with E-state index in [0.717, 1.165) is 11.1 Å². The standard InChI is InChI=1S/C16H20N2O4S/c1-4-13(16(19)20)17-23(21,22)15-10-6-7-11-12(15)8-5-9-14(11)18(2)3/h5-10,13,17H,4H2,1-3H3,(H,19,20)/t13-/m0/s1. The van der Waals surface area contributed by atoms with Gasteiger partial charge in [0.15, 0.2) is 0 Å². The van der Waals surface area contributed by atoms with E-state index in [1.54, 1.807) is 25.1 Å². The molecule has 0 radical (unpaired) electrons. The van der Waals surface area contributed by atoms with Crippen LogP contribution >= 0.6 is 0 Å². The third kappa shape index (κ3) is 3.46. The second-order valence-corrected chi connectivity index (χ2v) is 7.13. The summed E-state index contributed by atoms with van der Waals surface area (Å²) in [7, 11) is -0.174. The van der Waals surface area contributed by atoms with Gasteiger partial charge >= 0.3 is 5.97 Å². The zero-order valence-electron chi connectivity index (χ0n) is 13.3. The van der Waals surface area contributed by atoms with Crippen LogP contribution in [0.4, 0.5) is 5.69 Å². The monoisotopic (exact) mass is 336 g/mol. The van der Waals surface area contributed by atoms with E-state index in [4.69, 9.17) is 5.11 Å². The topological polar surface area (TPSA) is 86.7 Å². The van der Waals surface area contributed by atoms with Crippen LogP contribution in [0.1, 0.15) is 13.3 Å². The number of carbonyl (C=O) groups is 1. The van der Waals surface area contributed by atoms with Gasteiger partial charge < -0.3 is 10.0 Å². The maximum Gasteiger partial charge on any atom is 0.321 e. The highest BCUT2D eigenvalue weighted by Crippen LogP contribution is 2.30. The zero-order chi connectivity index (χ0) is 17.2. The maximum atomic E-state index is 12.6. The molecule has 0 amide bonds. The average molecular weight is 336 g/mol. The van der Waals surface area contributed by atoms with Crippen molar-refractivity contribution in [1.29, 1.82) is 0 Å². The number of sulfonamides is 1. The van der Waals surface area contributed by atoms with Crippen molar-refractivity contribution in [1.82, 2.24) is 4.72 Å².